The van der Waals surface area contributed by atoms with Crippen molar-refractivity contribution in [2.45, 2.75) is 57.7 Å². The molecule has 5 bridgehead atoms. The first-order chi connectivity index (χ1) is 18.0. The summed E-state index contributed by atoms with van der Waals surface area (Å²) in [6.45, 7) is 5.65. The zero-order chi connectivity index (χ0) is 27.7. The smallest absolute Gasteiger partial charge is 0.407 e. The van der Waals surface area contributed by atoms with Crippen LogP contribution in [0.3, 0.4) is 0 Å². The fraction of sp³-hybridized carbons (Fsp3) is 0.483. The number of carboxylic acids is 1. The maximum atomic E-state index is 13.9. The van der Waals surface area contributed by atoms with Gasteiger partial charge in [-0.1, -0.05) is 45.1 Å². The Kier molecular flexibility index (Phi) is 7.69. The third-order valence-corrected chi connectivity index (χ3v) is 7.42. The number of hydrogen-bond donors (Lipinski definition) is 2. The average Bonchev–Trinajstić information content (AvgIpc) is 3.28. The van der Waals surface area contributed by atoms with E-state index >= 15 is 0 Å². The largest absolute Gasteiger partial charge is 0.496 e. The van der Waals surface area contributed by atoms with Crippen molar-refractivity contribution in [2.75, 3.05) is 27.4 Å². The van der Waals surface area contributed by atoms with Crippen LogP contribution < -0.4 is 10.1 Å². The van der Waals surface area contributed by atoms with E-state index in [4.69, 9.17) is 14.2 Å². The van der Waals surface area contributed by atoms with Crippen molar-refractivity contribution in [3.8, 4) is 5.75 Å². The molecule has 2 aromatic carbocycles. The summed E-state index contributed by atoms with van der Waals surface area (Å²) in [6, 6.07) is 7.71. The molecule has 0 aliphatic carbocycles. The van der Waals surface area contributed by atoms with Crippen molar-refractivity contribution in [3.63, 3.8) is 0 Å². The lowest BCUT2D eigenvalue weighted by Crippen LogP contribution is -2.57. The fourth-order valence-corrected chi connectivity index (χ4v) is 5.23. The lowest BCUT2D eigenvalue weighted by Gasteiger charge is -2.35. The van der Waals surface area contributed by atoms with Gasteiger partial charge in [0.1, 0.15) is 23.4 Å². The minimum atomic E-state index is -1.13. The van der Waals surface area contributed by atoms with Gasteiger partial charge in [-0.05, 0) is 52.8 Å². The summed E-state index contributed by atoms with van der Waals surface area (Å²) in [5, 5.41) is 14.7. The van der Waals surface area contributed by atoms with Crippen molar-refractivity contribution < 1.29 is 33.7 Å². The number of amides is 2. The second kappa shape index (κ2) is 10.6. The summed E-state index contributed by atoms with van der Waals surface area (Å²) in [6.07, 6.45) is 4.61. The SMILES string of the molecule is COc1cc2ccc3cc2cc1/C=C\CCCOC(=O)N[C@@H](C(C)(C)C)C(=O)N1C[C@@]3(OC)C[C@H]1C(=O)O. The van der Waals surface area contributed by atoms with E-state index in [-0.39, 0.29) is 19.6 Å². The summed E-state index contributed by atoms with van der Waals surface area (Å²) in [5.41, 5.74) is -0.0746. The highest BCUT2D eigenvalue weighted by Crippen LogP contribution is 2.42. The van der Waals surface area contributed by atoms with Crippen molar-refractivity contribution in [3.05, 3.63) is 47.5 Å². The van der Waals surface area contributed by atoms with Gasteiger partial charge in [-0.25, -0.2) is 9.59 Å². The number of alkyl carbamates (subject to hydrolysis) is 1. The molecule has 0 unspecified atom stereocenters. The second-order valence-electron chi connectivity index (χ2n) is 11.0. The van der Waals surface area contributed by atoms with Crippen molar-refractivity contribution >= 4 is 34.8 Å². The van der Waals surface area contributed by atoms with Gasteiger partial charge < -0.3 is 29.5 Å². The van der Waals surface area contributed by atoms with Crippen LogP contribution in [0.1, 0.15) is 51.2 Å². The average molecular weight is 525 g/mol. The highest BCUT2D eigenvalue weighted by molar-refractivity contribution is 5.91. The van der Waals surface area contributed by atoms with Gasteiger partial charge in [0.25, 0.3) is 0 Å². The molecule has 2 heterocycles. The molecule has 2 aliphatic rings. The minimum Gasteiger partial charge on any atom is -0.496 e. The van der Waals surface area contributed by atoms with E-state index in [0.29, 0.717) is 12.8 Å². The lowest BCUT2D eigenvalue weighted by atomic mass is 9.85. The number of fused-ring (bicyclic) bond motifs is 5. The Morgan fingerprint density at radius 3 is 2.58 bits per heavy atom. The monoisotopic (exact) mass is 524 g/mol. The van der Waals surface area contributed by atoms with Crippen LogP contribution in [0, 0.1) is 5.41 Å². The first-order valence-electron chi connectivity index (χ1n) is 12.8. The number of carbonyl (C=O) groups is 3. The number of nitrogens with one attached hydrogen (secondary N) is 1. The molecule has 3 atom stereocenters. The molecule has 38 heavy (non-hydrogen) atoms. The van der Waals surface area contributed by atoms with E-state index in [9.17, 15) is 19.5 Å². The van der Waals surface area contributed by atoms with Crippen LogP contribution in [0.25, 0.3) is 16.8 Å². The van der Waals surface area contributed by atoms with Crippen LogP contribution in [0.2, 0.25) is 0 Å². The van der Waals surface area contributed by atoms with Gasteiger partial charge >= 0.3 is 12.1 Å². The molecular formula is C29H36N2O7. The Morgan fingerprint density at radius 2 is 1.92 bits per heavy atom. The molecule has 1 fully saturated rings. The maximum Gasteiger partial charge on any atom is 0.407 e. The van der Waals surface area contributed by atoms with Crippen LogP contribution >= 0.6 is 0 Å². The number of allylic oxidation sites excluding steroid dienone is 1. The molecule has 2 aromatic rings. The van der Waals surface area contributed by atoms with E-state index < -0.39 is 41.1 Å². The Balaban J connectivity index is 1.85. The van der Waals surface area contributed by atoms with Gasteiger partial charge in [-0.15, -0.1) is 0 Å². The molecule has 9 nitrogen and oxygen atoms in total. The van der Waals surface area contributed by atoms with Gasteiger partial charge in [0.05, 0.1) is 20.3 Å². The summed E-state index contributed by atoms with van der Waals surface area (Å²) < 4.78 is 16.9. The van der Waals surface area contributed by atoms with Crippen molar-refractivity contribution in [1.29, 1.82) is 0 Å². The second-order valence-corrected chi connectivity index (χ2v) is 11.0. The number of aliphatic carboxylic acids is 1. The Bertz CT molecular complexity index is 1270. The number of carbonyl (C=O) groups excluding carboxylic acids is 2. The lowest BCUT2D eigenvalue weighted by molar-refractivity contribution is -0.150. The van der Waals surface area contributed by atoms with Crippen molar-refractivity contribution in [1.82, 2.24) is 10.2 Å². The number of hydrogen-bond acceptors (Lipinski definition) is 6. The predicted molar refractivity (Wildman–Crippen MR) is 143 cm³/mol. The molecule has 2 N–H and O–H groups in total. The Hall–Kier alpha value is -3.59. The normalized spacial score (nSPS) is 25.6. The quantitative estimate of drug-likeness (QED) is 0.614. The third kappa shape index (κ3) is 5.34. The Labute approximate surface area is 222 Å². The molecular weight excluding hydrogens is 488 g/mol. The molecule has 0 saturated carbocycles. The first-order valence-corrected chi connectivity index (χ1v) is 12.8. The van der Waals surface area contributed by atoms with Gasteiger partial charge in [-0.2, -0.15) is 0 Å². The molecule has 2 amide bonds. The van der Waals surface area contributed by atoms with Gasteiger partial charge in [0.2, 0.25) is 5.91 Å². The molecule has 2 aliphatic heterocycles. The number of cyclic esters (lactones) is 1. The molecule has 4 rings (SSSR count). The number of carboxylic acid groups (broad SMARTS) is 1. The maximum absolute atomic E-state index is 13.9. The van der Waals surface area contributed by atoms with Crippen molar-refractivity contribution in [2.24, 2.45) is 5.41 Å². The standard InChI is InChI=1S/C29H36N2O7/c1-28(2,3)24-25(32)31-17-29(37-5,16-22(31)26(33)34)21-11-10-18-15-23(36-4)19(13-20(18)14-21)9-7-6-8-12-38-27(35)30-24/h7,9-11,13-15,22,24H,6,8,12,16-17H2,1-5H3,(H,30,35)(H,33,34)/b9-7-/t22-,24+,29-/m0/s1. The van der Waals surface area contributed by atoms with Crippen LogP contribution in [0.5, 0.6) is 5.75 Å². The number of rotatable bonds is 3. The summed E-state index contributed by atoms with van der Waals surface area (Å²) in [4.78, 5) is 40.2. The van der Waals surface area contributed by atoms with Gasteiger partial charge in [0.15, 0.2) is 0 Å². The van der Waals surface area contributed by atoms with Crippen LogP contribution in [-0.2, 0) is 24.7 Å². The predicted octanol–water partition coefficient (Wildman–Crippen LogP) is 4.32. The van der Waals surface area contributed by atoms with E-state index in [1.165, 1.54) is 12.0 Å². The topological polar surface area (TPSA) is 114 Å². The molecule has 0 aromatic heterocycles. The number of nitrogens with zero attached hydrogens (tertiary/aromatic N) is 1. The molecule has 204 valence electrons. The van der Waals surface area contributed by atoms with E-state index in [1.807, 2.05) is 63.3 Å². The fourth-order valence-electron chi connectivity index (χ4n) is 5.23. The number of methoxy groups -OCH3 is 2. The highest BCUT2D eigenvalue weighted by Gasteiger charge is 2.52. The Morgan fingerprint density at radius 1 is 1.16 bits per heavy atom. The van der Waals surface area contributed by atoms with E-state index in [0.717, 1.165) is 27.6 Å². The summed E-state index contributed by atoms with van der Waals surface area (Å²) >= 11 is 0. The molecule has 1 saturated heterocycles. The van der Waals surface area contributed by atoms with Crippen LogP contribution in [0.15, 0.2) is 36.4 Å². The number of benzene rings is 2. The zero-order valence-corrected chi connectivity index (χ0v) is 22.6. The number of ether oxygens (including phenoxy) is 3. The van der Waals surface area contributed by atoms with Crippen LogP contribution in [0.4, 0.5) is 4.79 Å². The highest BCUT2D eigenvalue weighted by atomic mass is 16.5. The summed E-state index contributed by atoms with van der Waals surface area (Å²) in [5.74, 6) is -0.890. The molecule has 9 heteroatoms. The molecule has 0 spiro atoms. The summed E-state index contributed by atoms with van der Waals surface area (Å²) in [7, 11) is 3.15. The van der Waals surface area contributed by atoms with E-state index in [1.54, 1.807) is 7.11 Å². The third-order valence-electron chi connectivity index (χ3n) is 7.42. The minimum absolute atomic E-state index is 0.0248. The van der Waals surface area contributed by atoms with Gasteiger partial charge in [-0.3, -0.25) is 4.79 Å². The first kappa shape index (κ1) is 27.4. The van der Waals surface area contributed by atoms with Gasteiger partial charge in [0, 0.05) is 19.1 Å². The molecule has 0 radical (unpaired) electrons. The van der Waals surface area contributed by atoms with Crippen LogP contribution in [-0.4, -0.2) is 67.4 Å². The zero-order valence-electron chi connectivity index (χ0n) is 22.6. The van der Waals surface area contributed by atoms with E-state index in [2.05, 4.69) is 5.32 Å².